The zero-order valence-electron chi connectivity index (χ0n) is 18.8. The Hall–Kier alpha value is -2.96. The fraction of sp³-hybridized carbons (Fsp3) is 0.520. The van der Waals surface area contributed by atoms with Gasteiger partial charge in [0.25, 0.3) is 5.91 Å². The molecule has 6 rings (SSSR count). The molecule has 7 heteroatoms. The summed E-state index contributed by atoms with van der Waals surface area (Å²) < 4.78 is 2.26. The third-order valence-corrected chi connectivity index (χ3v) is 7.91. The predicted molar refractivity (Wildman–Crippen MR) is 121 cm³/mol. The Morgan fingerprint density at radius 1 is 1.25 bits per heavy atom. The predicted octanol–water partition coefficient (Wildman–Crippen LogP) is 4.10. The Bertz CT molecular complexity index is 1170. The van der Waals surface area contributed by atoms with Crippen molar-refractivity contribution in [2.45, 2.75) is 58.4 Å². The highest BCUT2D eigenvalue weighted by Crippen LogP contribution is 2.55. The number of nitrogens with zero attached hydrogens (tertiary/aromatic N) is 5. The highest BCUT2D eigenvalue weighted by Gasteiger charge is 2.54. The summed E-state index contributed by atoms with van der Waals surface area (Å²) in [6, 6.07) is 6.31. The van der Waals surface area contributed by atoms with E-state index in [4.69, 9.17) is 0 Å². The molecule has 2 aliphatic carbocycles. The number of aromatic amines is 1. The molecule has 2 aromatic heterocycles. The number of H-pyrrole nitrogens is 1. The smallest absolute Gasteiger partial charge is 0.257 e. The topological polar surface area (TPSA) is 79.7 Å². The highest BCUT2D eigenvalue weighted by atomic mass is 16.2. The number of amides is 1. The molecule has 1 amide bonds. The van der Waals surface area contributed by atoms with E-state index in [-0.39, 0.29) is 17.2 Å². The van der Waals surface area contributed by atoms with Gasteiger partial charge in [-0.25, -0.2) is 0 Å². The number of carbonyl (C=O) groups is 1. The number of nitrogens with one attached hydrogen (secondary N) is 1. The van der Waals surface area contributed by atoms with E-state index in [0.29, 0.717) is 12.1 Å². The quantitative estimate of drug-likeness (QED) is 0.661. The van der Waals surface area contributed by atoms with Gasteiger partial charge in [0.1, 0.15) is 12.2 Å². The summed E-state index contributed by atoms with van der Waals surface area (Å²) in [5.41, 5.74) is 5.01. The van der Waals surface area contributed by atoms with Gasteiger partial charge in [-0.3, -0.25) is 9.89 Å². The Balaban J connectivity index is 1.30. The molecule has 1 aromatic carbocycles. The largest absolute Gasteiger partial charge is 0.337 e. The number of likely N-dealkylation sites (tertiary alicyclic amines) is 1. The summed E-state index contributed by atoms with van der Waals surface area (Å²) in [6.45, 7) is 6.69. The van der Waals surface area contributed by atoms with Gasteiger partial charge in [-0.2, -0.15) is 5.10 Å². The molecular weight excluding hydrogens is 400 g/mol. The van der Waals surface area contributed by atoms with Crippen LogP contribution in [0.2, 0.25) is 0 Å². The SMILES string of the molecule is Cc1ccc(-c2[nH]ncc2C(=O)N2CC(c3nncn3CC3CC3)C3(CCC3)C2)c(C)c1. The molecule has 166 valence electrons. The van der Waals surface area contributed by atoms with Crippen LogP contribution >= 0.6 is 0 Å². The first-order chi connectivity index (χ1) is 15.5. The minimum Gasteiger partial charge on any atom is -0.337 e. The lowest BCUT2D eigenvalue weighted by molar-refractivity contribution is 0.0724. The van der Waals surface area contributed by atoms with Crippen molar-refractivity contribution in [1.29, 1.82) is 0 Å². The van der Waals surface area contributed by atoms with E-state index >= 15 is 0 Å². The maximum absolute atomic E-state index is 13.7. The van der Waals surface area contributed by atoms with Crippen molar-refractivity contribution in [2.24, 2.45) is 11.3 Å². The van der Waals surface area contributed by atoms with E-state index in [1.807, 2.05) is 11.2 Å². The van der Waals surface area contributed by atoms with Gasteiger partial charge in [-0.15, -0.1) is 10.2 Å². The lowest BCUT2D eigenvalue weighted by atomic mass is 9.62. The minimum absolute atomic E-state index is 0.0655. The molecule has 1 N–H and O–H groups in total. The Labute approximate surface area is 188 Å². The average Bonchev–Trinajstić information content (AvgIpc) is 3.14. The summed E-state index contributed by atoms with van der Waals surface area (Å²) in [7, 11) is 0. The molecule has 3 aliphatic rings. The Morgan fingerprint density at radius 2 is 2.09 bits per heavy atom. The molecule has 0 radical (unpaired) electrons. The number of aromatic nitrogens is 5. The molecule has 2 saturated carbocycles. The van der Waals surface area contributed by atoms with Crippen LogP contribution in [0.15, 0.2) is 30.7 Å². The first-order valence-electron chi connectivity index (χ1n) is 11.8. The molecule has 1 spiro atoms. The first kappa shape index (κ1) is 19.7. The van der Waals surface area contributed by atoms with Crippen LogP contribution in [0.1, 0.15) is 65.3 Å². The molecule has 1 aliphatic heterocycles. The molecule has 1 saturated heterocycles. The maximum Gasteiger partial charge on any atom is 0.257 e. The van der Waals surface area contributed by atoms with Crippen molar-refractivity contribution in [3.8, 4) is 11.3 Å². The fourth-order valence-corrected chi connectivity index (χ4v) is 5.79. The monoisotopic (exact) mass is 430 g/mol. The summed E-state index contributed by atoms with van der Waals surface area (Å²) in [5.74, 6) is 2.18. The average molecular weight is 431 g/mol. The number of benzene rings is 1. The lowest BCUT2D eigenvalue weighted by Crippen LogP contribution is -2.38. The van der Waals surface area contributed by atoms with Crippen molar-refractivity contribution < 1.29 is 4.79 Å². The molecular formula is C25H30N6O. The zero-order chi connectivity index (χ0) is 21.9. The van der Waals surface area contributed by atoms with Gasteiger partial charge >= 0.3 is 0 Å². The van der Waals surface area contributed by atoms with Crippen LogP contribution in [0.25, 0.3) is 11.3 Å². The summed E-state index contributed by atoms with van der Waals surface area (Å²) >= 11 is 0. The van der Waals surface area contributed by atoms with Crippen molar-refractivity contribution in [3.05, 3.63) is 53.2 Å². The second-order valence-corrected chi connectivity index (χ2v) is 10.2. The van der Waals surface area contributed by atoms with E-state index in [0.717, 1.165) is 54.5 Å². The first-order valence-corrected chi connectivity index (χ1v) is 11.8. The van der Waals surface area contributed by atoms with E-state index in [2.05, 4.69) is 57.0 Å². The van der Waals surface area contributed by atoms with Crippen LogP contribution in [0.3, 0.4) is 0 Å². The van der Waals surface area contributed by atoms with Gasteiger partial charge in [0.2, 0.25) is 0 Å². The van der Waals surface area contributed by atoms with E-state index < -0.39 is 0 Å². The molecule has 1 atom stereocenters. The van der Waals surface area contributed by atoms with Crippen LogP contribution < -0.4 is 0 Å². The van der Waals surface area contributed by atoms with Crippen LogP contribution in [-0.4, -0.2) is 48.9 Å². The van der Waals surface area contributed by atoms with Gasteiger partial charge in [0.15, 0.2) is 0 Å². The van der Waals surface area contributed by atoms with Crippen LogP contribution in [0, 0.1) is 25.2 Å². The van der Waals surface area contributed by atoms with Crippen molar-refractivity contribution >= 4 is 5.91 Å². The third kappa shape index (κ3) is 3.17. The van der Waals surface area contributed by atoms with Gasteiger partial charge < -0.3 is 9.47 Å². The normalized spacial score (nSPS) is 21.8. The molecule has 0 bridgehead atoms. The number of aryl methyl sites for hydroxylation is 2. The van der Waals surface area contributed by atoms with Gasteiger partial charge in [0.05, 0.1) is 17.5 Å². The second kappa shape index (κ2) is 7.29. The maximum atomic E-state index is 13.7. The fourth-order valence-electron chi connectivity index (χ4n) is 5.79. The van der Waals surface area contributed by atoms with Crippen molar-refractivity contribution in [1.82, 2.24) is 29.9 Å². The summed E-state index contributed by atoms with van der Waals surface area (Å²) in [6.07, 6.45) is 9.74. The number of hydrogen-bond donors (Lipinski definition) is 1. The lowest BCUT2D eigenvalue weighted by Gasteiger charge is -2.42. The third-order valence-electron chi connectivity index (χ3n) is 7.91. The summed E-state index contributed by atoms with van der Waals surface area (Å²) in [5, 5.41) is 16.1. The molecule has 32 heavy (non-hydrogen) atoms. The van der Waals surface area contributed by atoms with Gasteiger partial charge in [-0.05, 0) is 56.4 Å². The minimum atomic E-state index is 0.0655. The van der Waals surface area contributed by atoms with E-state index in [1.54, 1.807) is 6.20 Å². The van der Waals surface area contributed by atoms with E-state index in [9.17, 15) is 4.79 Å². The van der Waals surface area contributed by atoms with Crippen molar-refractivity contribution in [3.63, 3.8) is 0 Å². The van der Waals surface area contributed by atoms with E-state index in [1.165, 1.54) is 24.8 Å². The van der Waals surface area contributed by atoms with Crippen LogP contribution in [0.5, 0.6) is 0 Å². The second-order valence-electron chi connectivity index (χ2n) is 10.2. The van der Waals surface area contributed by atoms with Crippen LogP contribution in [0.4, 0.5) is 0 Å². The molecule has 3 aromatic rings. The van der Waals surface area contributed by atoms with Gasteiger partial charge in [-0.1, -0.05) is 30.2 Å². The number of hydrogen-bond acceptors (Lipinski definition) is 4. The zero-order valence-corrected chi connectivity index (χ0v) is 18.8. The highest BCUT2D eigenvalue weighted by molar-refractivity contribution is 6.00. The Kier molecular flexibility index (Phi) is 4.49. The molecule has 1 unspecified atom stereocenters. The van der Waals surface area contributed by atoms with Crippen molar-refractivity contribution in [2.75, 3.05) is 13.1 Å². The standard InChI is InChI=1S/C25H30N6O/c1-16-4-7-19(17(2)10-16)22-20(11-26-28-22)24(32)30-13-21(25(14-30)8-3-9-25)23-29-27-15-31(23)12-18-5-6-18/h4,7,10-11,15,18,21H,3,5-6,8-9,12-14H2,1-2H3,(H,26,28). The van der Waals surface area contributed by atoms with Crippen LogP contribution in [-0.2, 0) is 6.54 Å². The molecule has 3 heterocycles. The number of carbonyl (C=O) groups excluding carboxylic acids is 1. The molecule has 7 nitrogen and oxygen atoms in total. The van der Waals surface area contributed by atoms with Gasteiger partial charge in [0, 0.05) is 31.1 Å². The molecule has 3 fully saturated rings. The summed E-state index contributed by atoms with van der Waals surface area (Å²) in [4.78, 5) is 15.8. The Morgan fingerprint density at radius 3 is 2.81 bits per heavy atom. The number of rotatable bonds is 5.